The van der Waals surface area contributed by atoms with Gasteiger partial charge in [0.15, 0.2) is 5.82 Å². The molecule has 2 heterocycles. The summed E-state index contributed by atoms with van der Waals surface area (Å²) in [6, 6.07) is 2.81. The first-order valence-electron chi connectivity index (χ1n) is 9.12. The number of carbonyl (C=O) groups is 2. The van der Waals surface area contributed by atoms with Crippen LogP contribution in [0.2, 0.25) is 0 Å². The first kappa shape index (κ1) is 23.8. The smallest absolute Gasteiger partial charge is 0.475 e. The Morgan fingerprint density at radius 2 is 2.07 bits per heavy atom. The molecule has 1 saturated heterocycles. The number of halogens is 4. The monoisotopic (exact) mass is 438 g/mol. The van der Waals surface area contributed by atoms with E-state index >= 15 is 0 Å². The molecule has 30 heavy (non-hydrogen) atoms. The van der Waals surface area contributed by atoms with E-state index in [1.165, 1.54) is 18.3 Å². The number of carboxylic acid groups (broad SMARTS) is 1. The van der Waals surface area contributed by atoms with Crippen molar-refractivity contribution in [2.24, 2.45) is 0 Å². The number of pyridine rings is 1. The summed E-state index contributed by atoms with van der Waals surface area (Å²) in [6.07, 6.45) is -2.27. The molecule has 3 rings (SSSR count). The van der Waals surface area contributed by atoms with E-state index in [9.17, 15) is 22.4 Å². The van der Waals surface area contributed by atoms with Gasteiger partial charge in [-0.15, -0.1) is 0 Å². The quantitative estimate of drug-likeness (QED) is 0.703. The highest BCUT2D eigenvalue weighted by molar-refractivity contribution is 5.77. The topological polar surface area (TPSA) is 98.2 Å². The van der Waals surface area contributed by atoms with Gasteiger partial charge in [0.2, 0.25) is 5.91 Å². The highest BCUT2D eigenvalue weighted by Gasteiger charge is 2.45. The highest BCUT2D eigenvalue weighted by atomic mass is 19.4. The van der Waals surface area contributed by atoms with E-state index in [1.54, 1.807) is 7.11 Å². The van der Waals surface area contributed by atoms with Crippen molar-refractivity contribution >= 4 is 11.9 Å². The molecular weight excluding hydrogens is 416 g/mol. The largest absolute Gasteiger partial charge is 0.490 e. The maximum absolute atomic E-state index is 13.7. The Hall–Kier alpha value is -2.47. The Labute approximate surface area is 169 Å². The molecule has 0 radical (unpaired) electrons. The van der Waals surface area contributed by atoms with Crippen LogP contribution in [0.25, 0.3) is 0 Å². The van der Waals surface area contributed by atoms with Crippen LogP contribution < -0.4 is 4.74 Å². The number of methoxy groups -OCH3 is 1. The van der Waals surface area contributed by atoms with Gasteiger partial charge in [0.05, 0.1) is 25.7 Å². The Morgan fingerprint density at radius 3 is 2.67 bits per heavy atom. The molecule has 1 aliphatic heterocycles. The molecule has 1 saturated carbocycles. The fraction of sp³-hybridized carbons (Fsp3) is 0.611. The van der Waals surface area contributed by atoms with Crippen LogP contribution in [0.5, 0.6) is 5.88 Å². The lowest BCUT2D eigenvalue weighted by Crippen LogP contribution is -2.54. The molecule has 0 aromatic carbocycles. The average molecular weight is 438 g/mol. The van der Waals surface area contributed by atoms with Crippen LogP contribution in [0.4, 0.5) is 17.6 Å². The third-order valence-corrected chi connectivity index (χ3v) is 4.61. The maximum Gasteiger partial charge on any atom is 0.490 e. The fourth-order valence-corrected chi connectivity index (χ4v) is 3.29. The van der Waals surface area contributed by atoms with Crippen molar-refractivity contribution < 1.29 is 46.5 Å². The molecule has 0 unspecified atom stereocenters. The number of aliphatic carboxylic acids is 1. The lowest BCUT2D eigenvalue weighted by atomic mass is 10.1. The second kappa shape index (κ2) is 10.5. The molecule has 1 N–H and O–H groups in total. The number of nitrogens with zero attached hydrogens (tertiary/aromatic N) is 2. The molecule has 168 valence electrons. The normalized spacial score (nSPS) is 23.2. The van der Waals surface area contributed by atoms with Gasteiger partial charge in [-0.2, -0.15) is 13.2 Å². The van der Waals surface area contributed by atoms with Gasteiger partial charge in [-0.05, 0) is 25.0 Å². The van der Waals surface area contributed by atoms with Crippen molar-refractivity contribution in [2.45, 2.75) is 43.7 Å². The molecule has 1 amide bonds. The van der Waals surface area contributed by atoms with Crippen molar-refractivity contribution in [2.75, 3.05) is 26.9 Å². The average Bonchev–Trinajstić information content (AvgIpc) is 3.10. The lowest BCUT2D eigenvalue weighted by molar-refractivity contribution is -0.192. The number of aromatic nitrogens is 1. The van der Waals surface area contributed by atoms with Gasteiger partial charge in [0, 0.05) is 19.9 Å². The van der Waals surface area contributed by atoms with Gasteiger partial charge in [-0.25, -0.2) is 14.2 Å². The minimum atomic E-state index is -5.08. The fourth-order valence-electron chi connectivity index (χ4n) is 3.29. The maximum atomic E-state index is 13.7. The molecule has 2 aliphatic rings. The predicted octanol–water partition coefficient (Wildman–Crippen LogP) is 2.03. The first-order chi connectivity index (χ1) is 14.1. The Bertz CT molecular complexity index is 733. The number of fused-ring (bicyclic) bond motifs is 1. The second-order valence-corrected chi connectivity index (χ2v) is 6.56. The Balaban J connectivity index is 0.000000396. The summed E-state index contributed by atoms with van der Waals surface area (Å²) in [6.45, 7) is 1.45. The lowest BCUT2D eigenvalue weighted by Gasteiger charge is -2.39. The molecule has 1 aromatic rings. The minimum Gasteiger partial charge on any atom is -0.475 e. The van der Waals surface area contributed by atoms with Gasteiger partial charge < -0.3 is 24.2 Å². The van der Waals surface area contributed by atoms with Crippen molar-refractivity contribution in [1.29, 1.82) is 0 Å². The van der Waals surface area contributed by atoms with E-state index < -0.39 is 18.0 Å². The van der Waals surface area contributed by atoms with Crippen LogP contribution in [0.1, 0.15) is 19.3 Å². The molecule has 1 aliphatic carbocycles. The second-order valence-electron chi connectivity index (χ2n) is 6.56. The SMILES string of the molecule is COCCC(=O)N1CCO[C@H]2[C@@H](Oc3ncccc3F)CC[C@@H]21.O=C(O)C(F)(F)F. The van der Waals surface area contributed by atoms with E-state index in [0.29, 0.717) is 32.6 Å². The summed E-state index contributed by atoms with van der Waals surface area (Å²) in [5.41, 5.74) is 0. The molecule has 8 nitrogen and oxygen atoms in total. The van der Waals surface area contributed by atoms with E-state index in [4.69, 9.17) is 24.1 Å². The number of amides is 1. The van der Waals surface area contributed by atoms with Crippen molar-refractivity contribution in [3.8, 4) is 5.88 Å². The summed E-state index contributed by atoms with van der Waals surface area (Å²) < 4.78 is 61.9. The number of carbonyl (C=O) groups excluding carboxylic acids is 1. The van der Waals surface area contributed by atoms with Crippen LogP contribution in [0.3, 0.4) is 0 Å². The van der Waals surface area contributed by atoms with Crippen molar-refractivity contribution in [3.05, 3.63) is 24.1 Å². The summed E-state index contributed by atoms with van der Waals surface area (Å²) in [4.78, 5) is 27.0. The standard InChI is InChI=1S/C16H21FN2O4.C2HF3O2/c1-21-9-6-14(20)19-8-10-22-15-12(19)4-5-13(15)23-16-11(17)3-2-7-18-16;3-2(4,5)1(6)7/h2-3,7,12-13,15H,4-6,8-10H2,1H3;(H,6,7)/t12-,13-,15+;/m0./s1. The zero-order valence-electron chi connectivity index (χ0n) is 16.1. The minimum absolute atomic E-state index is 0.00965. The number of hydrogen-bond donors (Lipinski definition) is 1. The highest BCUT2D eigenvalue weighted by Crippen LogP contribution is 2.33. The molecule has 1 aromatic heterocycles. The van der Waals surface area contributed by atoms with E-state index in [0.717, 1.165) is 6.42 Å². The van der Waals surface area contributed by atoms with Crippen molar-refractivity contribution in [3.63, 3.8) is 0 Å². The number of alkyl halides is 3. The Morgan fingerprint density at radius 1 is 1.37 bits per heavy atom. The zero-order chi connectivity index (χ0) is 22.3. The number of hydrogen-bond acceptors (Lipinski definition) is 6. The van der Waals surface area contributed by atoms with Crippen LogP contribution in [0, 0.1) is 5.82 Å². The van der Waals surface area contributed by atoms with Crippen LogP contribution >= 0.6 is 0 Å². The molecule has 0 spiro atoms. The van der Waals surface area contributed by atoms with Gasteiger partial charge in [-0.1, -0.05) is 0 Å². The number of morpholine rings is 1. The number of ether oxygens (including phenoxy) is 3. The summed E-state index contributed by atoms with van der Waals surface area (Å²) in [5, 5.41) is 7.12. The first-order valence-corrected chi connectivity index (χ1v) is 9.12. The third kappa shape index (κ3) is 6.26. The van der Waals surface area contributed by atoms with E-state index in [1.807, 2.05) is 4.90 Å². The molecule has 3 atom stereocenters. The molecule has 12 heteroatoms. The molecule has 0 bridgehead atoms. The van der Waals surface area contributed by atoms with Gasteiger partial charge in [0.25, 0.3) is 5.88 Å². The predicted molar refractivity (Wildman–Crippen MR) is 93.3 cm³/mol. The van der Waals surface area contributed by atoms with Gasteiger partial charge in [-0.3, -0.25) is 4.79 Å². The summed E-state index contributed by atoms with van der Waals surface area (Å²) in [5.74, 6) is -3.19. The van der Waals surface area contributed by atoms with E-state index in [2.05, 4.69) is 4.98 Å². The summed E-state index contributed by atoms with van der Waals surface area (Å²) >= 11 is 0. The molecular formula is C18H22F4N2O6. The third-order valence-electron chi connectivity index (χ3n) is 4.61. The number of rotatable bonds is 5. The van der Waals surface area contributed by atoms with Gasteiger partial charge in [0.1, 0.15) is 12.2 Å². The summed E-state index contributed by atoms with van der Waals surface area (Å²) in [7, 11) is 1.58. The van der Waals surface area contributed by atoms with E-state index in [-0.39, 0.29) is 30.0 Å². The number of carboxylic acids is 1. The van der Waals surface area contributed by atoms with Crippen LogP contribution in [-0.4, -0.2) is 78.2 Å². The van der Waals surface area contributed by atoms with Gasteiger partial charge >= 0.3 is 12.1 Å². The van der Waals surface area contributed by atoms with Crippen molar-refractivity contribution in [1.82, 2.24) is 9.88 Å². The molecule has 2 fully saturated rings. The Kier molecular flexibility index (Phi) is 8.35. The van der Waals surface area contributed by atoms with Crippen LogP contribution in [-0.2, 0) is 19.1 Å². The zero-order valence-corrected chi connectivity index (χ0v) is 16.1. The van der Waals surface area contributed by atoms with Crippen LogP contribution in [0.15, 0.2) is 18.3 Å².